The van der Waals surface area contributed by atoms with E-state index in [1.54, 1.807) is 33.3 Å². The smallest absolute Gasteiger partial charge is 0.407 e. The molecule has 1 aliphatic carbocycles. The van der Waals surface area contributed by atoms with Crippen LogP contribution in [0.15, 0.2) is 54.6 Å². The molecule has 2 aromatic carbocycles. The van der Waals surface area contributed by atoms with Gasteiger partial charge in [0.2, 0.25) is 5.91 Å². The van der Waals surface area contributed by atoms with E-state index in [0.29, 0.717) is 30.7 Å². The number of hydrogen-bond acceptors (Lipinski definition) is 5. The number of amides is 3. The van der Waals surface area contributed by atoms with Crippen LogP contribution < -0.4 is 15.4 Å². The van der Waals surface area contributed by atoms with E-state index in [1.165, 1.54) is 4.90 Å². The molecule has 0 unspecified atom stereocenters. The molecule has 0 aliphatic heterocycles. The molecule has 1 aliphatic rings. The quantitative estimate of drug-likeness (QED) is 0.622. The molecule has 3 rings (SSSR count). The number of methoxy groups -OCH3 is 1. The number of nitrogens with one attached hydrogen (secondary N) is 2. The normalized spacial score (nSPS) is 19.6. The lowest BCUT2D eigenvalue weighted by atomic mass is 9.68. The number of nitrogens with zero attached hydrogens (tertiary/aromatic N) is 1. The summed E-state index contributed by atoms with van der Waals surface area (Å²) in [5.74, 6) is 0.148. The van der Waals surface area contributed by atoms with E-state index in [2.05, 4.69) is 22.8 Å². The van der Waals surface area contributed by atoms with Crippen molar-refractivity contribution >= 4 is 17.9 Å². The second kappa shape index (κ2) is 11.5. The van der Waals surface area contributed by atoms with Crippen LogP contribution in [0.1, 0.15) is 41.6 Å². The Morgan fingerprint density at radius 2 is 1.62 bits per heavy atom. The van der Waals surface area contributed by atoms with Gasteiger partial charge in [-0.2, -0.15) is 0 Å². The lowest BCUT2D eigenvalue weighted by Crippen LogP contribution is -2.45. The Balaban J connectivity index is 1.63. The maximum absolute atomic E-state index is 12.9. The summed E-state index contributed by atoms with van der Waals surface area (Å²) in [5.41, 5.74) is 1.37. The molecule has 1 fully saturated rings. The number of carbonyl (C=O) groups is 3. The van der Waals surface area contributed by atoms with Crippen molar-refractivity contribution in [2.24, 2.45) is 0 Å². The maximum atomic E-state index is 12.9. The summed E-state index contributed by atoms with van der Waals surface area (Å²) in [5, 5.41) is 5.61. The highest BCUT2D eigenvalue weighted by Gasteiger charge is 2.38. The Kier molecular flexibility index (Phi) is 8.51. The fraction of sp³-hybridized carbons (Fsp3) is 0.423. The van der Waals surface area contributed by atoms with Crippen LogP contribution in [0.3, 0.4) is 0 Å². The minimum Gasteiger partial charge on any atom is -0.496 e. The molecular weight excluding hydrogens is 434 g/mol. The second-order valence-electron chi connectivity index (χ2n) is 8.78. The Hall–Kier alpha value is -3.55. The molecule has 0 heterocycles. The van der Waals surface area contributed by atoms with Gasteiger partial charge in [-0.05, 0) is 43.4 Å². The summed E-state index contributed by atoms with van der Waals surface area (Å²) in [6, 6.07) is 17.3. The van der Waals surface area contributed by atoms with E-state index in [9.17, 15) is 14.4 Å². The monoisotopic (exact) mass is 467 g/mol. The van der Waals surface area contributed by atoms with E-state index in [1.807, 2.05) is 30.3 Å². The van der Waals surface area contributed by atoms with E-state index in [0.717, 1.165) is 18.4 Å². The Morgan fingerprint density at radius 3 is 2.26 bits per heavy atom. The molecule has 8 nitrogen and oxygen atoms in total. The van der Waals surface area contributed by atoms with Crippen molar-refractivity contribution in [2.75, 3.05) is 34.3 Å². The van der Waals surface area contributed by atoms with Crippen molar-refractivity contribution in [3.05, 3.63) is 65.7 Å². The molecule has 0 bridgehead atoms. The maximum Gasteiger partial charge on any atom is 0.407 e. The van der Waals surface area contributed by atoms with Gasteiger partial charge in [0.1, 0.15) is 18.4 Å². The van der Waals surface area contributed by atoms with Gasteiger partial charge in [0.05, 0.1) is 12.7 Å². The van der Waals surface area contributed by atoms with Crippen molar-refractivity contribution in [2.45, 2.75) is 37.2 Å². The molecule has 0 spiro atoms. The minimum atomic E-state index is -0.586. The largest absolute Gasteiger partial charge is 0.496 e. The van der Waals surface area contributed by atoms with Gasteiger partial charge >= 0.3 is 6.09 Å². The third-order valence-corrected chi connectivity index (χ3v) is 6.37. The van der Waals surface area contributed by atoms with Crippen LogP contribution in [0.4, 0.5) is 4.79 Å². The molecule has 0 saturated heterocycles. The molecule has 2 N–H and O–H groups in total. The molecular formula is C26H33N3O5. The zero-order valence-corrected chi connectivity index (χ0v) is 20.0. The molecule has 1 saturated carbocycles. The summed E-state index contributed by atoms with van der Waals surface area (Å²) in [6.07, 6.45) is 1.99. The Morgan fingerprint density at radius 1 is 0.971 bits per heavy atom. The number of hydrogen-bond donors (Lipinski definition) is 2. The number of para-hydroxylation sites is 1. The third-order valence-electron chi connectivity index (χ3n) is 6.37. The first-order chi connectivity index (χ1) is 16.3. The highest BCUT2D eigenvalue weighted by Crippen LogP contribution is 2.40. The zero-order chi connectivity index (χ0) is 24.6. The second-order valence-corrected chi connectivity index (χ2v) is 8.78. The number of ether oxygens (including phenoxy) is 2. The van der Waals surface area contributed by atoms with Crippen molar-refractivity contribution in [3.8, 4) is 5.75 Å². The van der Waals surface area contributed by atoms with Crippen LogP contribution in [0.5, 0.6) is 5.75 Å². The third kappa shape index (κ3) is 6.27. The van der Waals surface area contributed by atoms with Crippen molar-refractivity contribution < 1.29 is 23.9 Å². The highest BCUT2D eigenvalue weighted by molar-refractivity contribution is 5.97. The predicted molar refractivity (Wildman–Crippen MR) is 129 cm³/mol. The molecule has 8 heteroatoms. The van der Waals surface area contributed by atoms with Gasteiger partial charge in [-0.15, -0.1) is 0 Å². The fourth-order valence-corrected chi connectivity index (χ4v) is 4.30. The minimum absolute atomic E-state index is 0.0957. The first-order valence-corrected chi connectivity index (χ1v) is 11.5. The van der Waals surface area contributed by atoms with Crippen molar-refractivity contribution in [1.82, 2.24) is 15.5 Å². The van der Waals surface area contributed by atoms with Crippen LogP contribution >= 0.6 is 0 Å². The molecule has 2 aromatic rings. The summed E-state index contributed by atoms with van der Waals surface area (Å²) < 4.78 is 10.9. The number of rotatable bonds is 8. The lowest BCUT2D eigenvalue weighted by Gasteiger charge is -2.40. The van der Waals surface area contributed by atoms with Crippen LogP contribution in [0, 0.1) is 0 Å². The molecule has 0 radical (unpaired) electrons. The topological polar surface area (TPSA) is 97.0 Å². The van der Waals surface area contributed by atoms with E-state index in [-0.39, 0.29) is 29.9 Å². The van der Waals surface area contributed by atoms with Gasteiger partial charge in [0, 0.05) is 26.1 Å². The van der Waals surface area contributed by atoms with Gasteiger partial charge < -0.3 is 25.0 Å². The molecule has 3 amide bonds. The number of alkyl carbamates (subject to hydrolysis) is 1. The van der Waals surface area contributed by atoms with Crippen LogP contribution in [0.25, 0.3) is 0 Å². The first kappa shape index (κ1) is 25.1. The Labute approximate surface area is 200 Å². The van der Waals surface area contributed by atoms with Crippen molar-refractivity contribution in [1.29, 1.82) is 0 Å². The average molecular weight is 468 g/mol. The van der Waals surface area contributed by atoms with Gasteiger partial charge in [-0.1, -0.05) is 42.5 Å². The predicted octanol–water partition coefficient (Wildman–Crippen LogP) is 3.12. The summed E-state index contributed by atoms with van der Waals surface area (Å²) in [7, 11) is 4.81. The zero-order valence-electron chi connectivity index (χ0n) is 20.0. The molecule has 182 valence electrons. The summed E-state index contributed by atoms with van der Waals surface area (Å²) in [6.45, 7) is 0.367. The van der Waals surface area contributed by atoms with Crippen molar-refractivity contribution in [3.63, 3.8) is 0 Å². The Bertz CT molecular complexity index is 985. The highest BCUT2D eigenvalue weighted by atomic mass is 16.6. The fourth-order valence-electron chi connectivity index (χ4n) is 4.30. The van der Waals surface area contributed by atoms with Gasteiger partial charge in [-0.3, -0.25) is 9.59 Å². The first-order valence-electron chi connectivity index (χ1n) is 11.5. The number of carbonyl (C=O) groups excluding carboxylic acids is 3. The summed E-state index contributed by atoms with van der Waals surface area (Å²) >= 11 is 0. The number of benzene rings is 2. The van der Waals surface area contributed by atoms with Gasteiger partial charge in [0.25, 0.3) is 5.91 Å². The summed E-state index contributed by atoms with van der Waals surface area (Å²) in [4.78, 5) is 38.1. The van der Waals surface area contributed by atoms with Crippen LogP contribution in [-0.2, 0) is 14.9 Å². The van der Waals surface area contributed by atoms with Crippen LogP contribution in [0.2, 0.25) is 0 Å². The van der Waals surface area contributed by atoms with E-state index >= 15 is 0 Å². The molecule has 0 atom stereocenters. The molecule has 0 aromatic heterocycles. The van der Waals surface area contributed by atoms with Crippen LogP contribution in [-0.4, -0.2) is 63.2 Å². The van der Waals surface area contributed by atoms with E-state index in [4.69, 9.17) is 9.47 Å². The average Bonchev–Trinajstić information content (AvgIpc) is 2.87. The molecule has 34 heavy (non-hydrogen) atoms. The number of likely N-dealkylation sites (N-methyl/N-ethyl adjacent to an activating group) is 1. The van der Waals surface area contributed by atoms with E-state index < -0.39 is 6.09 Å². The van der Waals surface area contributed by atoms with Gasteiger partial charge in [-0.25, -0.2) is 4.79 Å². The standard InChI is InChI=1S/C26H33N3O5/c1-29(2)23(30)17-27-25(32)34-20-13-15-26(16-14-20,19-9-5-4-6-10-19)18-28-24(31)21-11-7-8-12-22(21)33-3/h4-12,20H,13-18H2,1-3H3,(H,27,32)(H,28,31). The SMILES string of the molecule is COc1ccccc1C(=O)NCC1(c2ccccc2)CCC(OC(=O)NCC(=O)N(C)C)CC1. The lowest BCUT2D eigenvalue weighted by molar-refractivity contribution is -0.127. The van der Waals surface area contributed by atoms with Gasteiger partial charge in [0.15, 0.2) is 0 Å².